The molecule has 92 valence electrons. The molecule has 0 aliphatic carbocycles. The highest BCUT2D eigenvalue weighted by Gasteiger charge is 2.19. The van der Waals surface area contributed by atoms with E-state index in [1.54, 1.807) is 23.9 Å². The number of amides is 1. The van der Waals surface area contributed by atoms with Gasteiger partial charge in [-0.15, -0.1) is 10.2 Å². The zero-order valence-corrected chi connectivity index (χ0v) is 10.7. The summed E-state index contributed by atoms with van der Waals surface area (Å²) in [6.07, 6.45) is 0. The van der Waals surface area contributed by atoms with Gasteiger partial charge in [-0.25, -0.2) is 0 Å². The van der Waals surface area contributed by atoms with Crippen LogP contribution in [0.4, 0.5) is 5.95 Å². The number of carbonyl (C=O) groups excluding carboxylic acids is 1. The Balaban J connectivity index is 1.80. The number of nitrogens with zero attached hydrogens (tertiary/aromatic N) is 3. The third-order valence-electron chi connectivity index (χ3n) is 2.80. The van der Waals surface area contributed by atoms with Gasteiger partial charge in [-0.05, 0) is 19.1 Å². The maximum Gasteiger partial charge on any atom is 0.258 e. The van der Waals surface area contributed by atoms with Crippen LogP contribution in [0.3, 0.4) is 0 Å². The van der Waals surface area contributed by atoms with E-state index in [1.807, 2.05) is 23.6 Å². The van der Waals surface area contributed by atoms with Crippen molar-refractivity contribution in [1.29, 1.82) is 0 Å². The van der Waals surface area contributed by atoms with E-state index in [0.29, 0.717) is 11.5 Å². The van der Waals surface area contributed by atoms with Gasteiger partial charge in [0.15, 0.2) is 5.16 Å². The minimum atomic E-state index is -0.151. The normalized spacial score (nSPS) is 13.4. The highest BCUT2D eigenvalue weighted by atomic mass is 32.2. The molecule has 1 amide bonds. The molecule has 2 heterocycles. The molecular formula is C12H12N4OS. The van der Waals surface area contributed by atoms with Crippen molar-refractivity contribution >= 4 is 23.6 Å². The molecule has 18 heavy (non-hydrogen) atoms. The van der Waals surface area contributed by atoms with E-state index in [-0.39, 0.29) is 5.91 Å². The van der Waals surface area contributed by atoms with Crippen LogP contribution in [0, 0.1) is 6.92 Å². The average Bonchev–Trinajstić information content (AvgIpc) is 2.95. The lowest BCUT2D eigenvalue weighted by atomic mass is 10.1. The minimum absolute atomic E-state index is 0.151. The molecule has 0 spiro atoms. The molecule has 1 aliphatic heterocycles. The van der Waals surface area contributed by atoms with Gasteiger partial charge < -0.3 is 0 Å². The van der Waals surface area contributed by atoms with Crippen LogP contribution in [0.15, 0.2) is 29.4 Å². The molecule has 2 aromatic rings. The fourth-order valence-electron chi connectivity index (χ4n) is 1.80. The first-order chi connectivity index (χ1) is 8.74. The van der Waals surface area contributed by atoms with E-state index >= 15 is 0 Å². The Labute approximate surface area is 109 Å². The Bertz CT molecular complexity index is 591. The maximum absolute atomic E-state index is 12.0. The quantitative estimate of drug-likeness (QED) is 0.896. The van der Waals surface area contributed by atoms with E-state index < -0.39 is 0 Å². The smallest absolute Gasteiger partial charge is 0.258 e. The van der Waals surface area contributed by atoms with Crippen molar-refractivity contribution in [3.8, 4) is 0 Å². The molecule has 5 nitrogen and oxygen atoms in total. The molecule has 0 radical (unpaired) electrons. The van der Waals surface area contributed by atoms with E-state index in [4.69, 9.17) is 0 Å². The Kier molecular flexibility index (Phi) is 2.79. The second-order valence-electron chi connectivity index (χ2n) is 4.13. The van der Waals surface area contributed by atoms with Crippen LogP contribution < -0.4 is 5.32 Å². The first-order valence-electron chi connectivity index (χ1n) is 5.68. The number of hydrogen-bond acceptors (Lipinski definition) is 4. The number of nitrogens with one attached hydrogen (secondary N) is 1. The monoisotopic (exact) mass is 260 g/mol. The maximum atomic E-state index is 12.0. The fraction of sp³-hybridized carbons (Fsp3) is 0.250. The van der Waals surface area contributed by atoms with Crippen molar-refractivity contribution in [2.75, 3.05) is 11.1 Å². The van der Waals surface area contributed by atoms with Crippen LogP contribution in [0.2, 0.25) is 0 Å². The van der Waals surface area contributed by atoms with Gasteiger partial charge in [0.2, 0.25) is 5.95 Å². The van der Waals surface area contributed by atoms with Gasteiger partial charge in [0, 0.05) is 17.9 Å². The fourth-order valence-corrected chi connectivity index (χ4v) is 2.68. The molecule has 0 bridgehead atoms. The SMILES string of the molecule is Cc1ccc(C(=O)Nc2nnc3n2CCS3)cc1. The van der Waals surface area contributed by atoms with Crippen molar-refractivity contribution < 1.29 is 4.79 Å². The number of anilines is 1. The summed E-state index contributed by atoms with van der Waals surface area (Å²) in [6.45, 7) is 2.83. The van der Waals surface area contributed by atoms with Crippen molar-refractivity contribution in [2.45, 2.75) is 18.6 Å². The number of fused-ring (bicyclic) bond motifs is 1. The number of thioether (sulfide) groups is 1. The second kappa shape index (κ2) is 4.45. The van der Waals surface area contributed by atoms with Crippen molar-refractivity contribution in [3.63, 3.8) is 0 Å². The first-order valence-corrected chi connectivity index (χ1v) is 6.66. The van der Waals surface area contributed by atoms with Gasteiger partial charge >= 0.3 is 0 Å². The molecule has 1 aromatic heterocycles. The number of rotatable bonds is 2. The van der Waals surface area contributed by atoms with Crippen LogP contribution in [0.1, 0.15) is 15.9 Å². The number of benzene rings is 1. The lowest BCUT2D eigenvalue weighted by Gasteiger charge is -2.05. The number of carbonyl (C=O) groups is 1. The van der Waals surface area contributed by atoms with E-state index in [9.17, 15) is 4.79 Å². The van der Waals surface area contributed by atoms with E-state index in [1.165, 1.54) is 0 Å². The largest absolute Gasteiger partial charge is 0.290 e. The minimum Gasteiger partial charge on any atom is -0.290 e. The summed E-state index contributed by atoms with van der Waals surface area (Å²) in [5, 5.41) is 11.7. The molecule has 0 unspecified atom stereocenters. The molecule has 3 rings (SSSR count). The second-order valence-corrected chi connectivity index (χ2v) is 5.19. The van der Waals surface area contributed by atoms with Gasteiger partial charge in [0.1, 0.15) is 0 Å². The number of hydrogen-bond donors (Lipinski definition) is 1. The lowest BCUT2D eigenvalue weighted by molar-refractivity contribution is 0.102. The lowest BCUT2D eigenvalue weighted by Crippen LogP contribution is -2.15. The van der Waals surface area contributed by atoms with Crippen LogP contribution in [-0.4, -0.2) is 26.4 Å². The zero-order valence-electron chi connectivity index (χ0n) is 9.88. The summed E-state index contributed by atoms with van der Waals surface area (Å²) in [7, 11) is 0. The summed E-state index contributed by atoms with van der Waals surface area (Å²) in [5.74, 6) is 1.36. The van der Waals surface area contributed by atoms with Crippen molar-refractivity contribution in [1.82, 2.24) is 14.8 Å². The van der Waals surface area contributed by atoms with Crippen molar-refractivity contribution in [3.05, 3.63) is 35.4 Å². The molecule has 1 N–H and O–H groups in total. The van der Waals surface area contributed by atoms with Gasteiger partial charge in [-0.2, -0.15) is 0 Å². The first kappa shape index (κ1) is 11.3. The summed E-state index contributed by atoms with van der Waals surface area (Å²) >= 11 is 1.65. The molecular weight excluding hydrogens is 248 g/mol. The average molecular weight is 260 g/mol. The molecule has 1 aromatic carbocycles. The highest BCUT2D eigenvalue weighted by Crippen LogP contribution is 2.26. The van der Waals surface area contributed by atoms with Crippen LogP contribution in [-0.2, 0) is 6.54 Å². The predicted octanol–water partition coefficient (Wildman–Crippen LogP) is 1.94. The van der Waals surface area contributed by atoms with Crippen LogP contribution in [0.5, 0.6) is 0 Å². The third kappa shape index (κ3) is 1.99. The molecule has 0 fully saturated rings. The van der Waals surface area contributed by atoms with Crippen molar-refractivity contribution in [2.24, 2.45) is 0 Å². The topological polar surface area (TPSA) is 59.8 Å². The Morgan fingerprint density at radius 2 is 2.11 bits per heavy atom. The zero-order chi connectivity index (χ0) is 12.5. The van der Waals surface area contributed by atoms with Crippen LogP contribution in [0.25, 0.3) is 0 Å². The van der Waals surface area contributed by atoms with E-state index in [2.05, 4.69) is 15.5 Å². The van der Waals surface area contributed by atoms with Gasteiger partial charge in [-0.1, -0.05) is 29.5 Å². The molecule has 0 atom stereocenters. The number of aromatic nitrogens is 3. The summed E-state index contributed by atoms with van der Waals surface area (Å²) in [5.41, 5.74) is 1.76. The molecule has 0 saturated carbocycles. The third-order valence-corrected chi connectivity index (χ3v) is 3.75. The van der Waals surface area contributed by atoms with Gasteiger partial charge in [0.25, 0.3) is 5.91 Å². The van der Waals surface area contributed by atoms with E-state index in [0.717, 1.165) is 23.0 Å². The summed E-state index contributed by atoms with van der Waals surface area (Å²) in [6, 6.07) is 7.44. The highest BCUT2D eigenvalue weighted by molar-refractivity contribution is 7.99. The molecule has 0 saturated heterocycles. The Morgan fingerprint density at radius 3 is 2.89 bits per heavy atom. The van der Waals surface area contributed by atoms with Crippen LogP contribution >= 0.6 is 11.8 Å². The molecule has 1 aliphatic rings. The Hall–Kier alpha value is -1.82. The number of aryl methyl sites for hydroxylation is 1. The molecule has 6 heteroatoms. The van der Waals surface area contributed by atoms with Gasteiger partial charge in [-0.3, -0.25) is 14.7 Å². The summed E-state index contributed by atoms with van der Waals surface area (Å²) in [4.78, 5) is 12.0. The standard InChI is InChI=1S/C12H12N4OS/c1-8-2-4-9(5-3-8)10(17)13-11-14-15-12-16(11)6-7-18-12/h2-5H,6-7H2,1H3,(H,13,14,17). The predicted molar refractivity (Wildman–Crippen MR) is 69.9 cm³/mol. The Morgan fingerprint density at radius 1 is 1.33 bits per heavy atom. The summed E-state index contributed by atoms with van der Waals surface area (Å²) < 4.78 is 1.93. The van der Waals surface area contributed by atoms with Gasteiger partial charge in [0.05, 0.1) is 0 Å².